The highest BCUT2D eigenvalue weighted by atomic mass is 16.5. The number of aromatic nitrogens is 1. The summed E-state index contributed by atoms with van der Waals surface area (Å²) in [5.41, 5.74) is 2.18. The van der Waals surface area contributed by atoms with E-state index in [-0.39, 0.29) is 11.7 Å². The van der Waals surface area contributed by atoms with Crippen molar-refractivity contribution in [2.75, 3.05) is 24.5 Å². The summed E-state index contributed by atoms with van der Waals surface area (Å²) < 4.78 is 5.96. The van der Waals surface area contributed by atoms with Crippen LogP contribution < -0.4 is 10.2 Å². The molecule has 1 saturated heterocycles. The van der Waals surface area contributed by atoms with E-state index in [1.54, 1.807) is 0 Å². The van der Waals surface area contributed by atoms with Gasteiger partial charge in [-0.2, -0.15) is 0 Å². The molecule has 2 rings (SSSR count). The first kappa shape index (κ1) is 16.2. The maximum absolute atomic E-state index is 5.96. The van der Waals surface area contributed by atoms with Gasteiger partial charge < -0.3 is 15.0 Å². The Morgan fingerprint density at radius 1 is 1.48 bits per heavy atom. The second-order valence-electron chi connectivity index (χ2n) is 6.69. The zero-order valence-corrected chi connectivity index (χ0v) is 14.0. The van der Waals surface area contributed by atoms with Gasteiger partial charge in [0.25, 0.3) is 0 Å². The minimum absolute atomic E-state index is 0.105. The lowest BCUT2D eigenvalue weighted by molar-refractivity contribution is -0.0749. The molecule has 0 spiro atoms. The summed E-state index contributed by atoms with van der Waals surface area (Å²) in [6.07, 6.45) is 3.38. The SMILES string of the molecule is CCCNC(C)c1ccc(N2CC(C)OC(C)(C)C2)cn1. The Balaban J connectivity index is 2.04. The molecule has 2 unspecified atom stereocenters. The fraction of sp³-hybridized carbons (Fsp3) is 0.706. The van der Waals surface area contributed by atoms with Crippen LogP contribution in [-0.2, 0) is 4.74 Å². The van der Waals surface area contributed by atoms with Crippen molar-refractivity contribution in [1.29, 1.82) is 0 Å². The van der Waals surface area contributed by atoms with Crippen LogP contribution in [0.15, 0.2) is 18.3 Å². The number of hydrogen-bond acceptors (Lipinski definition) is 4. The first-order chi connectivity index (χ1) is 9.91. The Kier molecular flexibility index (Phi) is 5.22. The van der Waals surface area contributed by atoms with Gasteiger partial charge in [-0.15, -0.1) is 0 Å². The quantitative estimate of drug-likeness (QED) is 0.904. The molecule has 118 valence electrons. The van der Waals surface area contributed by atoms with Crippen LogP contribution in [0.1, 0.15) is 52.8 Å². The topological polar surface area (TPSA) is 37.4 Å². The van der Waals surface area contributed by atoms with E-state index in [4.69, 9.17) is 4.74 Å². The van der Waals surface area contributed by atoms with Crippen molar-refractivity contribution in [3.8, 4) is 0 Å². The van der Waals surface area contributed by atoms with Crippen LogP contribution in [0.2, 0.25) is 0 Å². The van der Waals surface area contributed by atoms with Gasteiger partial charge in [-0.1, -0.05) is 6.92 Å². The molecular weight excluding hydrogens is 262 g/mol. The minimum atomic E-state index is -0.105. The molecular formula is C17H29N3O. The van der Waals surface area contributed by atoms with E-state index in [1.165, 1.54) is 5.69 Å². The molecule has 4 nitrogen and oxygen atoms in total. The molecule has 1 aliphatic rings. The third kappa shape index (κ3) is 4.42. The van der Waals surface area contributed by atoms with Crippen LogP contribution in [0.3, 0.4) is 0 Å². The first-order valence-electron chi connectivity index (χ1n) is 8.03. The van der Waals surface area contributed by atoms with Crippen molar-refractivity contribution in [3.63, 3.8) is 0 Å². The molecule has 0 aliphatic carbocycles. The summed E-state index contributed by atoms with van der Waals surface area (Å²) in [6, 6.07) is 4.62. The zero-order chi connectivity index (χ0) is 15.5. The largest absolute Gasteiger partial charge is 0.369 e. The third-order valence-corrected chi connectivity index (χ3v) is 3.85. The van der Waals surface area contributed by atoms with Gasteiger partial charge in [0.2, 0.25) is 0 Å². The van der Waals surface area contributed by atoms with E-state index in [0.717, 1.165) is 31.7 Å². The summed E-state index contributed by atoms with van der Waals surface area (Å²) in [6.45, 7) is 13.6. The predicted molar refractivity (Wildman–Crippen MR) is 87.8 cm³/mol. The number of anilines is 1. The fourth-order valence-electron chi connectivity index (χ4n) is 2.96. The Morgan fingerprint density at radius 2 is 2.24 bits per heavy atom. The molecule has 0 bridgehead atoms. The number of nitrogens with one attached hydrogen (secondary N) is 1. The van der Waals surface area contributed by atoms with Gasteiger partial charge in [0, 0.05) is 19.1 Å². The number of rotatable bonds is 5. The lowest BCUT2D eigenvalue weighted by atomic mass is 10.0. The molecule has 0 saturated carbocycles. The Morgan fingerprint density at radius 3 is 2.81 bits per heavy atom. The van der Waals surface area contributed by atoms with Crippen molar-refractivity contribution in [2.45, 2.75) is 58.8 Å². The van der Waals surface area contributed by atoms with Crippen LogP contribution in [0, 0.1) is 0 Å². The van der Waals surface area contributed by atoms with Crippen molar-refractivity contribution >= 4 is 5.69 Å². The van der Waals surface area contributed by atoms with Gasteiger partial charge in [-0.3, -0.25) is 4.98 Å². The predicted octanol–water partition coefficient (Wildman–Crippen LogP) is 3.15. The van der Waals surface area contributed by atoms with E-state index < -0.39 is 0 Å². The molecule has 1 fully saturated rings. The van der Waals surface area contributed by atoms with Crippen LogP contribution in [0.5, 0.6) is 0 Å². The van der Waals surface area contributed by atoms with Gasteiger partial charge in [-0.25, -0.2) is 0 Å². The lowest BCUT2D eigenvalue weighted by Crippen LogP contribution is -2.52. The second-order valence-corrected chi connectivity index (χ2v) is 6.69. The molecule has 2 atom stereocenters. The second kappa shape index (κ2) is 6.75. The monoisotopic (exact) mass is 291 g/mol. The third-order valence-electron chi connectivity index (χ3n) is 3.85. The highest BCUT2D eigenvalue weighted by molar-refractivity contribution is 5.46. The van der Waals surface area contributed by atoms with Crippen molar-refractivity contribution < 1.29 is 4.74 Å². The van der Waals surface area contributed by atoms with Gasteiger partial charge in [0.15, 0.2) is 0 Å². The summed E-state index contributed by atoms with van der Waals surface area (Å²) >= 11 is 0. The summed E-state index contributed by atoms with van der Waals surface area (Å²) in [7, 11) is 0. The van der Waals surface area contributed by atoms with Crippen LogP contribution >= 0.6 is 0 Å². The minimum Gasteiger partial charge on any atom is -0.369 e. The highest BCUT2D eigenvalue weighted by Gasteiger charge is 2.31. The van der Waals surface area contributed by atoms with Gasteiger partial charge >= 0.3 is 0 Å². The Bertz CT molecular complexity index is 444. The summed E-state index contributed by atoms with van der Waals surface area (Å²) in [4.78, 5) is 7.00. The molecule has 21 heavy (non-hydrogen) atoms. The van der Waals surface area contributed by atoms with Crippen LogP contribution in [0.4, 0.5) is 5.69 Å². The van der Waals surface area contributed by atoms with Crippen molar-refractivity contribution in [2.24, 2.45) is 0 Å². The van der Waals surface area contributed by atoms with Crippen LogP contribution in [-0.4, -0.2) is 36.3 Å². The van der Waals surface area contributed by atoms with Gasteiger partial charge in [-0.05, 0) is 52.8 Å². The fourth-order valence-corrected chi connectivity index (χ4v) is 2.96. The average molecular weight is 291 g/mol. The highest BCUT2D eigenvalue weighted by Crippen LogP contribution is 2.26. The normalized spacial score (nSPS) is 23.1. The van der Waals surface area contributed by atoms with Gasteiger partial charge in [0.1, 0.15) is 0 Å². The van der Waals surface area contributed by atoms with Crippen molar-refractivity contribution in [3.05, 3.63) is 24.0 Å². The van der Waals surface area contributed by atoms with Crippen molar-refractivity contribution in [1.82, 2.24) is 10.3 Å². The molecule has 0 radical (unpaired) electrons. The zero-order valence-electron chi connectivity index (χ0n) is 14.0. The first-order valence-corrected chi connectivity index (χ1v) is 8.03. The molecule has 0 amide bonds. The molecule has 0 aromatic carbocycles. The van der Waals surface area contributed by atoms with E-state index in [0.29, 0.717) is 6.04 Å². The maximum Gasteiger partial charge on any atom is 0.0805 e. The molecule has 1 aromatic heterocycles. The molecule has 1 aromatic rings. The average Bonchev–Trinajstić information content (AvgIpc) is 2.42. The standard InChI is InChI=1S/C17H29N3O/c1-6-9-18-14(3)16-8-7-15(10-19-16)20-11-13(2)21-17(4,5)12-20/h7-8,10,13-14,18H,6,9,11-12H2,1-5H3. The summed E-state index contributed by atoms with van der Waals surface area (Å²) in [5.74, 6) is 0. The number of hydrogen-bond donors (Lipinski definition) is 1. The number of nitrogens with zero attached hydrogens (tertiary/aromatic N) is 2. The molecule has 1 N–H and O–H groups in total. The Labute approximate surface area is 128 Å². The number of ether oxygens (including phenoxy) is 1. The lowest BCUT2D eigenvalue weighted by Gasteiger charge is -2.42. The van der Waals surface area contributed by atoms with E-state index in [9.17, 15) is 0 Å². The van der Waals surface area contributed by atoms with E-state index in [2.05, 4.69) is 62.0 Å². The maximum atomic E-state index is 5.96. The van der Waals surface area contributed by atoms with Gasteiger partial charge in [0.05, 0.1) is 29.3 Å². The molecule has 2 heterocycles. The smallest absolute Gasteiger partial charge is 0.0805 e. The molecule has 4 heteroatoms. The number of morpholine rings is 1. The number of pyridine rings is 1. The van der Waals surface area contributed by atoms with E-state index in [1.807, 2.05) is 6.20 Å². The van der Waals surface area contributed by atoms with E-state index >= 15 is 0 Å². The Hall–Kier alpha value is -1.13. The molecule has 1 aliphatic heterocycles. The van der Waals surface area contributed by atoms with Crippen LogP contribution in [0.25, 0.3) is 0 Å². The summed E-state index contributed by atoms with van der Waals surface area (Å²) in [5, 5.41) is 3.47.